The highest BCUT2D eigenvalue weighted by Crippen LogP contribution is 2.37. The highest BCUT2D eigenvalue weighted by molar-refractivity contribution is 5.85. The normalized spacial score (nSPS) is 33.7. The fraction of sp³-hybridized carbons (Fsp3) is 0.917. The lowest BCUT2D eigenvalue weighted by Gasteiger charge is -2.36. The number of likely N-dealkylation sites (tertiary alicyclic amines) is 1. The van der Waals surface area contributed by atoms with E-state index in [1.807, 2.05) is 0 Å². The minimum atomic E-state index is 0.137. The molecule has 2 rings (SSSR count). The average molecular weight is 225 g/mol. The summed E-state index contributed by atoms with van der Waals surface area (Å²) in [6.45, 7) is 3.23. The second kappa shape index (κ2) is 5.04. The van der Waals surface area contributed by atoms with Crippen LogP contribution in [0, 0.1) is 5.92 Å². The van der Waals surface area contributed by atoms with Crippen LogP contribution in [0.3, 0.4) is 0 Å². The third kappa shape index (κ3) is 2.03. The summed E-state index contributed by atoms with van der Waals surface area (Å²) in [6, 6.07) is 0.817. The molecule has 3 N–H and O–H groups in total. The van der Waals surface area contributed by atoms with E-state index in [0.717, 1.165) is 18.9 Å². The van der Waals surface area contributed by atoms with Crippen LogP contribution >= 0.6 is 0 Å². The molecule has 0 aromatic rings. The summed E-state index contributed by atoms with van der Waals surface area (Å²) in [5, 5.41) is 12.0. The van der Waals surface area contributed by atoms with Crippen molar-refractivity contribution in [2.75, 3.05) is 6.54 Å². The Labute approximate surface area is 97.5 Å². The monoisotopic (exact) mass is 225 g/mol. The molecule has 0 radical (unpaired) electrons. The third-order valence-electron chi connectivity index (χ3n) is 4.30. The van der Waals surface area contributed by atoms with Crippen LogP contribution in [0.4, 0.5) is 0 Å². The number of fused-ring (bicyclic) bond motifs is 1. The van der Waals surface area contributed by atoms with Crippen LogP contribution in [0.2, 0.25) is 0 Å². The van der Waals surface area contributed by atoms with Crippen molar-refractivity contribution in [1.29, 1.82) is 0 Å². The summed E-state index contributed by atoms with van der Waals surface area (Å²) in [6.07, 6.45) is 7.60. The van der Waals surface area contributed by atoms with Gasteiger partial charge in [0, 0.05) is 6.04 Å². The van der Waals surface area contributed by atoms with Crippen LogP contribution in [0.1, 0.15) is 45.4 Å². The first kappa shape index (κ1) is 11.7. The third-order valence-corrected chi connectivity index (χ3v) is 4.30. The molecule has 4 heteroatoms. The van der Waals surface area contributed by atoms with Crippen molar-refractivity contribution in [3.05, 3.63) is 0 Å². The zero-order chi connectivity index (χ0) is 11.5. The van der Waals surface area contributed by atoms with Crippen molar-refractivity contribution in [3.8, 4) is 0 Å². The maximum atomic E-state index is 8.83. The molecule has 1 aliphatic heterocycles. The Hall–Kier alpha value is -0.770. The molecular formula is C12H23N3O. The quantitative estimate of drug-likeness (QED) is 0.333. The fourth-order valence-corrected chi connectivity index (χ4v) is 3.51. The number of nitrogens with two attached hydrogens (primary N) is 1. The molecule has 0 aromatic heterocycles. The van der Waals surface area contributed by atoms with Crippen LogP contribution < -0.4 is 5.73 Å². The van der Waals surface area contributed by atoms with E-state index in [0.29, 0.717) is 11.9 Å². The summed E-state index contributed by atoms with van der Waals surface area (Å²) in [5.74, 6) is 1.24. The number of hydrogen-bond donors (Lipinski definition) is 2. The molecule has 2 fully saturated rings. The van der Waals surface area contributed by atoms with Gasteiger partial charge in [-0.15, -0.1) is 0 Å². The van der Waals surface area contributed by atoms with Crippen molar-refractivity contribution in [2.45, 2.75) is 57.5 Å². The van der Waals surface area contributed by atoms with E-state index in [4.69, 9.17) is 10.9 Å². The predicted octanol–water partition coefficient (Wildman–Crippen LogP) is 1.78. The van der Waals surface area contributed by atoms with Gasteiger partial charge in [-0.25, -0.2) is 0 Å². The second-order valence-corrected chi connectivity index (χ2v) is 5.09. The van der Waals surface area contributed by atoms with Crippen LogP contribution in [0.5, 0.6) is 0 Å². The molecule has 1 saturated carbocycles. The maximum Gasteiger partial charge on any atom is 0.156 e. The van der Waals surface area contributed by atoms with Gasteiger partial charge in [-0.05, 0) is 38.1 Å². The number of oxime groups is 1. The van der Waals surface area contributed by atoms with Crippen molar-refractivity contribution in [1.82, 2.24) is 4.90 Å². The number of rotatable bonds is 3. The van der Waals surface area contributed by atoms with E-state index in [1.54, 1.807) is 0 Å². The lowest BCUT2D eigenvalue weighted by Crippen LogP contribution is -2.48. The van der Waals surface area contributed by atoms with Crippen molar-refractivity contribution >= 4 is 5.84 Å². The predicted molar refractivity (Wildman–Crippen MR) is 64.6 cm³/mol. The highest BCUT2D eigenvalue weighted by atomic mass is 16.4. The fourth-order valence-electron chi connectivity index (χ4n) is 3.51. The largest absolute Gasteiger partial charge is 0.409 e. The SMILES string of the molecule is CCC(C(N)=NO)N1CCC2CCCCC21. The van der Waals surface area contributed by atoms with E-state index in [2.05, 4.69) is 17.0 Å². The average Bonchev–Trinajstić information content (AvgIpc) is 2.74. The van der Waals surface area contributed by atoms with Crippen LogP contribution in [-0.2, 0) is 0 Å². The van der Waals surface area contributed by atoms with Crippen molar-refractivity contribution in [2.24, 2.45) is 16.8 Å². The minimum Gasteiger partial charge on any atom is -0.409 e. The zero-order valence-electron chi connectivity index (χ0n) is 10.1. The van der Waals surface area contributed by atoms with E-state index in [1.165, 1.54) is 32.1 Å². The van der Waals surface area contributed by atoms with Crippen molar-refractivity contribution in [3.63, 3.8) is 0 Å². The Balaban J connectivity index is 2.08. The smallest absolute Gasteiger partial charge is 0.156 e. The van der Waals surface area contributed by atoms with Crippen molar-refractivity contribution < 1.29 is 5.21 Å². The first-order valence-corrected chi connectivity index (χ1v) is 6.51. The molecular weight excluding hydrogens is 202 g/mol. The van der Waals surface area contributed by atoms with E-state index in [-0.39, 0.29) is 6.04 Å². The van der Waals surface area contributed by atoms with E-state index >= 15 is 0 Å². The van der Waals surface area contributed by atoms with Gasteiger partial charge >= 0.3 is 0 Å². The Kier molecular flexibility index (Phi) is 3.69. The molecule has 0 bridgehead atoms. The van der Waals surface area contributed by atoms with Gasteiger partial charge in [0.2, 0.25) is 0 Å². The molecule has 1 saturated heterocycles. The molecule has 0 spiro atoms. The Morgan fingerprint density at radius 2 is 2.19 bits per heavy atom. The van der Waals surface area contributed by atoms with Gasteiger partial charge < -0.3 is 10.9 Å². The molecule has 92 valence electrons. The molecule has 0 aromatic carbocycles. The van der Waals surface area contributed by atoms with Gasteiger partial charge in [-0.3, -0.25) is 4.90 Å². The second-order valence-electron chi connectivity index (χ2n) is 5.09. The van der Waals surface area contributed by atoms with Crippen LogP contribution in [0.25, 0.3) is 0 Å². The van der Waals surface area contributed by atoms with E-state index in [9.17, 15) is 0 Å². The highest BCUT2D eigenvalue weighted by Gasteiger charge is 2.39. The summed E-state index contributed by atoms with van der Waals surface area (Å²) < 4.78 is 0. The van der Waals surface area contributed by atoms with Gasteiger partial charge in [0.25, 0.3) is 0 Å². The van der Waals surface area contributed by atoms with Gasteiger partial charge in [0.15, 0.2) is 5.84 Å². The number of hydrogen-bond acceptors (Lipinski definition) is 3. The molecule has 1 aliphatic carbocycles. The van der Waals surface area contributed by atoms with Gasteiger partial charge in [-0.1, -0.05) is 24.9 Å². The maximum absolute atomic E-state index is 8.83. The summed E-state index contributed by atoms with van der Waals surface area (Å²) in [4.78, 5) is 2.47. The Morgan fingerprint density at radius 3 is 2.88 bits per heavy atom. The lowest BCUT2D eigenvalue weighted by atomic mass is 9.85. The first-order valence-electron chi connectivity index (χ1n) is 6.51. The first-order chi connectivity index (χ1) is 7.77. The molecule has 16 heavy (non-hydrogen) atoms. The van der Waals surface area contributed by atoms with E-state index < -0.39 is 0 Å². The lowest BCUT2D eigenvalue weighted by molar-refractivity contribution is 0.156. The Bertz CT molecular complexity index is 267. The summed E-state index contributed by atoms with van der Waals surface area (Å²) >= 11 is 0. The number of amidine groups is 1. The van der Waals surface area contributed by atoms with Gasteiger partial charge in [0.1, 0.15) is 0 Å². The zero-order valence-corrected chi connectivity index (χ0v) is 10.1. The molecule has 3 unspecified atom stereocenters. The molecule has 4 nitrogen and oxygen atoms in total. The number of nitrogens with zero attached hydrogens (tertiary/aromatic N) is 2. The minimum absolute atomic E-state index is 0.137. The summed E-state index contributed by atoms with van der Waals surface area (Å²) in [5.41, 5.74) is 5.79. The standard InChI is InChI=1S/C12H23N3O/c1-2-10(12(13)14-16)15-8-7-9-5-3-4-6-11(9)15/h9-11,16H,2-8H2,1H3,(H2,13,14). The van der Waals surface area contributed by atoms with Crippen LogP contribution in [0.15, 0.2) is 5.16 Å². The van der Waals surface area contributed by atoms with Gasteiger partial charge in [0.05, 0.1) is 6.04 Å². The molecule has 1 heterocycles. The van der Waals surface area contributed by atoms with Crippen LogP contribution in [-0.4, -0.2) is 34.6 Å². The molecule has 0 amide bonds. The molecule has 3 atom stereocenters. The van der Waals surface area contributed by atoms with Gasteiger partial charge in [-0.2, -0.15) is 0 Å². The summed E-state index contributed by atoms with van der Waals surface area (Å²) in [7, 11) is 0. The molecule has 2 aliphatic rings. The Morgan fingerprint density at radius 1 is 1.44 bits per heavy atom. The topological polar surface area (TPSA) is 61.9 Å².